The normalized spacial score (nSPS) is 14.1. The zero-order chi connectivity index (χ0) is 33.5. The second-order valence-electron chi connectivity index (χ2n) is 12.7. The molecule has 0 radical (unpaired) electrons. The number of nitrogens with zero attached hydrogens (tertiary/aromatic N) is 4. The number of Topliss-reactive ketones (excluding diaryl/α,β-unsaturated/α-hetero) is 2. The number of rotatable bonds is 14. The summed E-state index contributed by atoms with van der Waals surface area (Å²) in [5.74, 6) is -0.382. The summed E-state index contributed by atoms with van der Waals surface area (Å²) < 4.78 is 22.0. The summed E-state index contributed by atoms with van der Waals surface area (Å²) in [5.41, 5.74) is 4.51. The van der Waals surface area contributed by atoms with Crippen LogP contribution < -0.4 is 4.74 Å². The van der Waals surface area contributed by atoms with Crippen LogP contribution in [0.3, 0.4) is 0 Å². The van der Waals surface area contributed by atoms with Gasteiger partial charge in [0.25, 0.3) is 0 Å². The fourth-order valence-electron chi connectivity index (χ4n) is 5.94. The maximum atomic E-state index is 15.2. The Labute approximate surface area is 285 Å². The highest BCUT2D eigenvalue weighted by atomic mass is 32.1. The lowest BCUT2D eigenvalue weighted by molar-refractivity contribution is -0.126. The summed E-state index contributed by atoms with van der Waals surface area (Å²) in [6, 6.07) is 26.2. The van der Waals surface area contributed by atoms with Crippen LogP contribution >= 0.6 is 11.3 Å². The number of carbonyl (C=O) groups excluding carboxylic acids is 2. The van der Waals surface area contributed by atoms with Crippen LogP contribution in [0, 0.1) is 5.82 Å². The third kappa shape index (κ3) is 8.99. The van der Waals surface area contributed by atoms with Gasteiger partial charge in [-0.3, -0.25) is 19.5 Å². The number of thiophene rings is 1. The van der Waals surface area contributed by atoms with Gasteiger partial charge in [0.2, 0.25) is 0 Å². The first-order valence-electron chi connectivity index (χ1n) is 16.4. The van der Waals surface area contributed by atoms with Gasteiger partial charge in [0.15, 0.2) is 11.6 Å². The van der Waals surface area contributed by atoms with E-state index in [4.69, 9.17) is 4.74 Å². The third-order valence-electron chi connectivity index (χ3n) is 8.72. The van der Waals surface area contributed by atoms with E-state index in [0.717, 1.165) is 72.0 Å². The van der Waals surface area contributed by atoms with E-state index in [1.807, 2.05) is 36.4 Å². The van der Waals surface area contributed by atoms with Gasteiger partial charge in [-0.15, -0.1) is 11.3 Å². The maximum Gasteiger partial charge on any atom is 0.166 e. The quantitative estimate of drug-likeness (QED) is 0.120. The average Bonchev–Trinajstić information content (AvgIpc) is 3.52. The van der Waals surface area contributed by atoms with Gasteiger partial charge in [0.1, 0.15) is 17.3 Å². The predicted octanol–water partition coefficient (Wildman–Crippen LogP) is 6.89. The number of piperazine rings is 1. The topological polar surface area (TPSA) is 66.0 Å². The minimum Gasteiger partial charge on any atom is -0.453 e. The van der Waals surface area contributed by atoms with E-state index in [-0.39, 0.29) is 36.6 Å². The van der Waals surface area contributed by atoms with E-state index in [1.54, 1.807) is 29.7 Å². The molecule has 0 atom stereocenters. The minimum absolute atomic E-state index is 0.0167. The molecule has 3 aromatic carbocycles. The van der Waals surface area contributed by atoms with Crippen molar-refractivity contribution in [2.24, 2.45) is 0 Å². The fraction of sp³-hybridized carbons (Fsp3) is 0.308. The Balaban J connectivity index is 1.05. The Morgan fingerprint density at radius 1 is 0.854 bits per heavy atom. The fourth-order valence-corrected chi connectivity index (χ4v) is 7.01. The molecule has 2 aromatic heterocycles. The van der Waals surface area contributed by atoms with Crippen LogP contribution in [-0.2, 0) is 29.0 Å². The summed E-state index contributed by atoms with van der Waals surface area (Å²) in [4.78, 5) is 37.8. The Morgan fingerprint density at radius 2 is 1.56 bits per heavy atom. The molecular weight excluding hydrogens is 624 g/mol. The molecule has 0 aliphatic carbocycles. The van der Waals surface area contributed by atoms with Crippen LogP contribution in [0.5, 0.6) is 11.5 Å². The van der Waals surface area contributed by atoms with Crippen molar-refractivity contribution in [3.05, 3.63) is 114 Å². The number of likely N-dealkylation sites (N-methyl/N-ethyl adjacent to an activating group) is 2. The summed E-state index contributed by atoms with van der Waals surface area (Å²) in [6.45, 7) is 7.58. The van der Waals surface area contributed by atoms with Gasteiger partial charge >= 0.3 is 0 Å². The van der Waals surface area contributed by atoms with Gasteiger partial charge in [0, 0.05) is 75.8 Å². The molecule has 1 aliphatic heterocycles. The molecule has 1 saturated heterocycles. The van der Waals surface area contributed by atoms with Crippen molar-refractivity contribution in [3.8, 4) is 21.9 Å². The smallest absolute Gasteiger partial charge is 0.166 e. The number of hydrogen-bond acceptors (Lipinski definition) is 8. The van der Waals surface area contributed by atoms with Crippen molar-refractivity contribution in [1.29, 1.82) is 0 Å². The van der Waals surface area contributed by atoms with Gasteiger partial charge in [-0.1, -0.05) is 60.7 Å². The first-order chi connectivity index (χ1) is 23.3. The molecule has 1 fully saturated rings. The van der Waals surface area contributed by atoms with E-state index in [1.165, 1.54) is 17.7 Å². The van der Waals surface area contributed by atoms with Gasteiger partial charge in [-0.05, 0) is 54.5 Å². The number of pyridine rings is 1. The maximum absolute atomic E-state index is 15.2. The summed E-state index contributed by atoms with van der Waals surface area (Å²) in [7, 11) is 4.36. The Hall–Kier alpha value is -4.28. The Morgan fingerprint density at radius 3 is 2.29 bits per heavy atom. The molecule has 3 heterocycles. The van der Waals surface area contributed by atoms with Crippen LogP contribution in [0.15, 0.2) is 91.1 Å². The van der Waals surface area contributed by atoms with Crippen LogP contribution in [0.4, 0.5) is 4.39 Å². The van der Waals surface area contributed by atoms with E-state index in [0.29, 0.717) is 11.3 Å². The summed E-state index contributed by atoms with van der Waals surface area (Å²) >= 11 is 1.56. The van der Waals surface area contributed by atoms with Crippen LogP contribution in [0.25, 0.3) is 20.7 Å². The van der Waals surface area contributed by atoms with E-state index < -0.39 is 5.82 Å². The van der Waals surface area contributed by atoms with E-state index >= 15 is 4.39 Å². The minimum atomic E-state index is -0.568. The van der Waals surface area contributed by atoms with Gasteiger partial charge in [-0.25, -0.2) is 4.39 Å². The van der Waals surface area contributed by atoms with Crippen molar-refractivity contribution in [2.45, 2.75) is 25.8 Å². The molecule has 9 heteroatoms. The van der Waals surface area contributed by atoms with Crippen molar-refractivity contribution >= 4 is 33.1 Å². The highest BCUT2D eigenvalue weighted by molar-refractivity contribution is 7.22. The Bertz CT molecular complexity index is 1850. The molecule has 5 aromatic rings. The molecule has 7 nitrogen and oxygen atoms in total. The average molecular weight is 665 g/mol. The molecule has 0 bridgehead atoms. The standard InChI is InChI=1S/C39H41FN4O3S/c1-42-16-19-44(20-17-42)21-18-43(2)27-29-8-11-31(12-9-29)38-26-35-39(48-38)37(14-15-41-35)47-36-13-10-30(24-34(36)40)23-33(46)25-32(45)22-28-6-4-3-5-7-28/h3-15,24,26H,16-23,25,27H2,1-2H3. The molecule has 248 valence electrons. The molecule has 1 aliphatic rings. The second-order valence-corrected chi connectivity index (χ2v) is 13.7. The van der Waals surface area contributed by atoms with E-state index in [9.17, 15) is 9.59 Å². The summed E-state index contributed by atoms with van der Waals surface area (Å²) in [5, 5.41) is 0. The number of ether oxygens (including phenoxy) is 1. The van der Waals surface area contributed by atoms with Gasteiger partial charge in [-0.2, -0.15) is 0 Å². The van der Waals surface area contributed by atoms with Gasteiger partial charge < -0.3 is 14.5 Å². The molecule has 48 heavy (non-hydrogen) atoms. The van der Waals surface area contributed by atoms with Crippen molar-refractivity contribution in [2.75, 3.05) is 53.4 Å². The number of fused-ring (bicyclic) bond motifs is 1. The number of carbonyl (C=O) groups is 2. The highest BCUT2D eigenvalue weighted by Gasteiger charge is 2.17. The van der Waals surface area contributed by atoms with Crippen molar-refractivity contribution in [3.63, 3.8) is 0 Å². The molecule has 6 rings (SSSR count). The first kappa shape index (κ1) is 33.6. The number of hydrogen-bond donors (Lipinski definition) is 0. The molecule has 0 saturated carbocycles. The predicted molar refractivity (Wildman–Crippen MR) is 190 cm³/mol. The zero-order valence-corrected chi connectivity index (χ0v) is 28.3. The molecule has 0 amide bonds. The monoisotopic (exact) mass is 664 g/mol. The van der Waals surface area contributed by atoms with Crippen molar-refractivity contribution < 1.29 is 18.7 Å². The molecule has 0 unspecified atom stereocenters. The largest absolute Gasteiger partial charge is 0.453 e. The lowest BCUT2D eigenvalue weighted by Crippen LogP contribution is -2.46. The second kappa shape index (κ2) is 15.7. The number of ketones is 2. The number of benzene rings is 3. The zero-order valence-electron chi connectivity index (χ0n) is 27.5. The SMILES string of the molecule is CN1CCN(CCN(C)Cc2ccc(-c3cc4nccc(Oc5ccc(CC(=O)CC(=O)Cc6ccccc6)cc5F)c4s3)cc2)CC1. The summed E-state index contributed by atoms with van der Waals surface area (Å²) in [6.07, 6.45) is 1.67. The van der Waals surface area contributed by atoms with Crippen LogP contribution in [0.1, 0.15) is 23.1 Å². The lowest BCUT2D eigenvalue weighted by atomic mass is 10.0. The number of halogens is 1. The molecular formula is C39H41FN4O3S. The van der Waals surface area contributed by atoms with Gasteiger partial charge in [0.05, 0.1) is 16.6 Å². The highest BCUT2D eigenvalue weighted by Crippen LogP contribution is 2.39. The van der Waals surface area contributed by atoms with Crippen LogP contribution in [-0.4, -0.2) is 84.6 Å². The van der Waals surface area contributed by atoms with Crippen LogP contribution in [0.2, 0.25) is 0 Å². The first-order valence-corrected chi connectivity index (χ1v) is 17.2. The lowest BCUT2D eigenvalue weighted by Gasteiger charge is -2.33. The van der Waals surface area contributed by atoms with E-state index in [2.05, 4.69) is 58.0 Å². The Kier molecular flexibility index (Phi) is 11.0. The van der Waals surface area contributed by atoms with Crippen molar-refractivity contribution in [1.82, 2.24) is 19.7 Å². The number of aromatic nitrogens is 1. The molecule has 0 spiro atoms. The third-order valence-corrected chi connectivity index (χ3v) is 9.90. The molecule has 0 N–H and O–H groups in total.